The molecule has 0 saturated heterocycles. The molecular weight excluding hydrogens is 384 g/mol. The van der Waals surface area contributed by atoms with Crippen molar-refractivity contribution >= 4 is 27.3 Å². The molecule has 0 fully saturated rings. The summed E-state index contributed by atoms with van der Waals surface area (Å²) in [5, 5.41) is 6.41. The van der Waals surface area contributed by atoms with E-state index in [0.717, 1.165) is 23.6 Å². The second kappa shape index (κ2) is 10.3. The molecule has 0 unspecified atom stereocenters. The average molecular weight is 411 g/mol. The molecule has 1 heterocycles. The van der Waals surface area contributed by atoms with E-state index in [2.05, 4.69) is 15.6 Å². The van der Waals surface area contributed by atoms with E-state index < -0.39 is 10.0 Å². The Bertz CT molecular complexity index is 833. The van der Waals surface area contributed by atoms with Gasteiger partial charge in [-0.05, 0) is 30.7 Å². The van der Waals surface area contributed by atoms with Crippen molar-refractivity contribution in [3.8, 4) is 5.75 Å². The highest BCUT2D eigenvalue weighted by Crippen LogP contribution is 2.23. The number of guanidine groups is 1. The summed E-state index contributed by atoms with van der Waals surface area (Å²) in [5.41, 5.74) is 0. The van der Waals surface area contributed by atoms with Crippen LogP contribution >= 0.6 is 11.3 Å². The largest absolute Gasteiger partial charge is 0.494 e. The molecule has 2 aromatic rings. The molecule has 9 heteroatoms. The van der Waals surface area contributed by atoms with E-state index in [0.29, 0.717) is 23.3 Å². The van der Waals surface area contributed by atoms with E-state index in [1.807, 2.05) is 36.4 Å². The number of thiophene rings is 1. The van der Waals surface area contributed by atoms with Gasteiger partial charge in [0.2, 0.25) is 0 Å². The van der Waals surface area contributed by atoms with Gasteiger partial charge in [0.1, 0.15) is 9.96 Å². The first-order valence-corrected chi connectivity index (χ1v) is 10.8. The Morgan fingerprint density at radius 2 is 1.89 bits per heavy atom. The van der Waals surface area contributed by atoms with Crippen molar-refractivity contribution in [1.82, 2.24) is 14.9 Å². The quantitative estimate of drug-likeness (QED) is 0.376. The summed E-state index contributed by atoms with van der Waals surface area (Å²) in [5.74, 6) is 1.53. The number of benzene rings is 1. The monoisotopic (exact) mass is 410 g/mol. The molecule has 0 bridgehead atoms. The van der Waals surface area contributed by atoms with Crippen LogP contribution in [0, 0.1) is 0 Å². The van der Waals surface area contributed by atoms with Gasteiger partial charge in [0.25, 0.3) is 10.0 Å². The summed E-state index contributed by atoms with van der Waals surface area (Å²) >= 11 is 1.26. The molecule has 148 valence electrons. The predicted molar refractivity (Wildman–Crippen MR) is 110 cm³/mol. The molecule has 0 aliphatic rings. The molecule has 0 atom stereocenters. The van der Waals surface area contributed by atoms with Crippen LogP contribution in [0.25, 0.3) is 0 Å². The molecule has 27 heavy (non-hydrogen) atoms. The third-order valence-corrected chi connectivity index (χ3v) is 7.02. The normalized spacial score (nSPS) is 12.2. The summed E-state index contributed by atoms with van der Waals surface area (Å²) in [4.78, 5) is 5.10. The molecule has 2 rings (SSSR count). The smallest absolute Gasteiger partial charge is 0.252 e. The van der Waals surface area contributed by atoms with Crippen molar-refractivity contribution in [3.63, 3.8) is 0 Å². The highest BCUT2D eigenvalue weighted by Gasteiger charge is 2.19. The number of hydrogen-bond donors (Lipinski definition) is 2. The van der Waals surface area contributed by atoms with Gasteiger partial charge in [0, 0.05) is 32.6 Å². The number of nitrogens with one attached hydrogen (secondary N) is 2. The molecule has 1 aromatic heterocycles. The summed E-state index contributed by atoms with van der Waals surface area (Å²) in [6, 6.07) is 13.2. The first kappa shape index (κ1) is 21.2. The van der Waals surface area contributed by atoms with Crippen molar-refractivity contribution in [2.45, 2.75) is 17.2 Å². The molecule has 0 aliphatic heterocycles. The van der Waals surface area contributed by atoms with Gasteiger partial charge in [-0.15, -0.1) is 11.3 Å². The minimum absolute atomic E-state index is 0.338. The minimum Gasteiger partial charge on any atom is -0.494 e. The van der Waals surface area contributed by atoms with Crippen molar-refractivity contribution in [2.24, 2.45) is 4.99 Å². The minimum atomic E-state index is -3.38. The molecule has 0 aliphatic carbocycles. The molecule has 2 N–H and O–H groups in total. The van der Waals surface area contributed by atoms with Crippen LogP contribution in [0.4, 0.5) is 0 Å². The third kappa shape index (κ3) is 6.53. The van der Waals surface area contributed by atoms with Crippen LogP contribution in [0.5, 0.6) is 5.75 Å². The summed E-state index contributed by atoms with van der Waals surface area (Å²) in [7, 11) is 1.38. The van der Waals surface area contributed by atoms with Gasteiger partial charge >= 0.3 is 0 Å². The highest BCUT2D eigenvalue weighted by atomic mass is 32.2. The number of ether oxygens (including phenoxy) is 1. The van der Waals surface area contributed by atoms with Gasteiger partial charge in [0.05, 0.1) is 13.2 Å². The molecule has 1 aromatic carbocycles. The zero-order valence-corrected chi connectivity index (χ0v) is 17.4. The number of rotatable bonds is 9. The van der Waals surface area contributed by atoms with Crippen molar-refractivity contribution in [3.05, 3.63) is 47.3 Å². The fourth-order valence-electron chi connectivity index (χ4n) is 2.15. The first-order chi connectivity index (χ1) is 12.9. The lowest BCUT2D eigenvalue weighted by Gasteiger charge is -2.12. The van der Waals surface area contributed by atoms with Crippen LogP contribution in [0.1, 0.15) is 11.3 Å². The molecular formula is C18H26N4O3S2. The third-order valence-electron chi connectivity index (χ3n) is 3.65. The van der Waals surface area contributed by atoms with Crippen LogP contribution in [-0.4, -0.2) is 53.0 Å². The van der Waals surface area contributed by atoms with Crippen LogP contribution in [0.15, 0.2) is 51.7 Å². The highest BCUT2D eigenvalue weighted by molar-refractivity contribution is 7.91. The van der Waals surface area contributed by atoms with E-state index in [1.54, 1.807) is 13.1 Å². The van der Waals surface area contributed by atoms with Gasteiger partial charge in [-0.1, -0.05) is 18.2 Å². The van der Waals surface area contributed by atoms with E-state index in [4.69, 9.17) is 4.74 Å². The van der Waals surface area contributed by atoms with Crippen molar-refractivity contribution in [1.29, 1.82) is 0 Å². The lowest BCUT2D eigenvalue weighted by molar-refractivity contribution is 0.311. The van der Waals surface area contributed by atoms with Gasteiger partial charge in [0.15, 0.2) is 5.96 Å². The summed E-state index contributed by atoms with van der Waals surface area (Å²) in [6.07, 6.45) is 0.833. The van der Waals surface area contributed by atoms with Crippen molar-refractivity contribution < 1.29 is 13.2 Å². The zero-order valence-electron chi connectivity index (χ0n) is 15.8. The Morgan fingerprint density at radius 1 is 1.15 bits per heavy atom. The Kier molecular flexibility index (Phi) is 8.08. The van der Waals surface area contributed by atoms with Gasteiger partial charge in [-0.3, -0.25) is 4.99 Å². The summed E-state index contributed by atoms with van der Waals surface area (Å²) < 4.78 is 31.4. The van der Waals surface area contributed by atoms with E-state index >= 15 is 0 Å². The maximum Gasteiger partial charge on any atom is 0.252 e. The number of sulfonamides is 1. The predicted octanol–water partition coefficient (Wildman–Crippen LogP) is 2.13. The van der Waals surface area contributed by atoms with Gasteiger partial charge in [-0.25, -0.2) is 12.7 Å². The fourth-order valence-corrected chi connectivity index (χ4v) is 4.61. The number of hydrogen-bond acceptors (Lipinski definition) is 5. The molecule has 0 saturated carbocycles. The Morgan fingerprint density at radius 3 is 2.56 bits per heavy atom. The second-order valence-corrected chi connectivity index (χ2v) is 9.42. The van der Waals surface area contributed by atoms with Gasteiger partial charge in [-0.2, -0.15) is 0 Å². The lowest BCUT2D eigenvalue weighted by atomic mass is 10.3. The average Bonchev–Trinajstić information content (AvgIpc) is 3.14. The maximum atomic E-state index is 12.1. The number of aliphatic imine (C=N–C) groups is 1. The van der Waals surface area contributed by atoms with E-state index in [1.165, 1.54) is 29.7 Å². The van der Waals surface area contributed by atoms with Crippen LogP contribution in [-0.2, 0) is 16.6 Å². The Balaban J connectivity index is 1.72. The number of nitrogens with zero attached hydrogens (tertiary/aromatic N) is 2. The number of para-hydroxylation sites is 1. The molecule has 7 nitrogen and oxygen atoms in total. The van der Waals surface area contributed by atoms with Crippen molar-refractivity contribution in [2.75, 3.05) is 34.3 Å². The fraction of sp³-hybridized carbons (Fsp3) is 0.389. The molecule has 0 spiro atoms. The van der Waals surface area contributed by atoms with E-state index in [-0.39, 0.29) is 0 Å². The second-order valence-electron chi connectivity index (χ2n) is 5.88. The first-order valence-electron chi connectivity index (χ1n) is 8.57. The van der Waals surface area contributed by atoms with Crippen LogP contribution in [0.3, 0.4) is 0 Å². The maximum absolute atomic E-state index is 12.1. The zero-order chi connectivity index (χ0) is 19.7. The van der Waals surface area contributed by atoms with Crippen LogP contribution < -0.4 is 15.4 Å². The van der Waals surface area contributed by atoms with Gasteiger partial charge < -0.3 is 15.4 Å². The Hall–Kier alpha value is -2.10. The topological polar surface area (TPSA) is 83.0 Å². The van der Waals surface area contributed by atoms with E-state index in [9.17, 15) is 8.42 Å². The molecule has 0 radical (unpaired) electrons. The SMILES string of the molecule is CN=C(NCCCOc1ccccc1)NCc1ccc(S(=O)(=O)N(C)C)s1. The molecule has 0 amide bonds. The standard InChI is InChI=1S/C18H26N4O3S2/c1-19-18(20-12-7-13-25-15-8-5-4-6-9-15)21-14-16-10-11-17(26-16)27(23,24)22(2)3/h4-6,8-11H,7,12-14H2,1-3H3,(H2,19,20,21). The Labute approximate surface area is 165 Å². The summed E-state index contributed by atoms with van der Waals surface area (Å²) in [6.45, 7) is 1.84. The lowest BCUT2D eigenvalue weighted by Crippen LogP contribution is -2.37. The van der Waals surface area contributed by atoms with Crippen LogP contribution in [0.2, 0.25) is 0 Å².